The fourth-order valence-corrected chi connectivity index (χ4v) is 4.87. The highest BCUT2D eigenvalue weighted by Crippen LogP contribution is 2.41. The Balaban J connectivity index is 1.80. The average molecular weight is 377 g/mol. The number of aromatic amines is 1. The normalized spacial score (nSPS) is 25.4. The van der Waals surface area contributed by atoms with Crippen molar-refractivity contribution in [1.82, 2.24) is 19.6 Å². The smallest absolute Gasteiger partial charge is 0.270 e. The quantitative estimate of drug-likeness (QED) is 0.833. The predicted molar refractivity (Wildman–Crippen MR) is 99.5 cm³/mol. The van der Waals surface area contributed by atoms with E-state index in [1.165, 1.54) is 11.8 Å². The van der Waals surface area contributed by atoms with Gasteiger partial charge >= 0.3 is 0 Å². The fourth-order valence-electron chi connectivity index (χ4n) is 3.78. The van der Waals surface area contributed by atoms with Gasteiger partial charge in [0.25, 0.3) is 5.56 Å². The third-order valence-electron chi connectivity index (χ3n) is 4.93. The molecule has 1 saturated heterocycles. The van der Waals surface area contributed by atoms with E-state index in [1.54, 1.807) is 10.9 Å². The molecule has 1 amide bonds. The lowest BCUT2D eigenvalue weighted by Crippen LogP contribution is -2.36. The molecular formula is C17H23N5O3S. The Kier molecular flexibility index (Phi) is 4.23. The van der Waals surface area contributed by atoms with E-state index in [0.29, 0.717) is 23.7 Å². The van der Waals surface area contributed by atoms with Gasteiger partial charge in [0.1, 0.15) is 5.82 Å². The summed E-state index contributed by atoms with van der Waals surface area (Å²) in [4.78, 5) is 25.1. The summed E-state index contributed by atoms with van der Waals surface area (Å²) in [6, 6.07) is 0.0770. The van der Waals surface area contributed by atoms with Crippen LogP contribution in [0.25, 0.3) is 0 Å². The second-order valence-electron chi connectivity index (χ2n) is 7.51. The van der Waals surface area contributed by atoms with Crippen LogP contribution in [0.2, 0.25) is 0 Å². The van der Waals surface area contributed by atoms with Gasteiger partial charge in [-0.25, -0.2) is 0 Å². The second-order valence-corrected chi connectivity index (χ2v) is 8.61. The summed E-state index contributed by atoms with van der Waals surface area (Å²) in [5.41, 5.74) is 1.10. The van der Waals surface area contributed by atoms with E-state index >= 15 is 0 Å². The number of H-pyrrole nitrogens is 1. The van der Waals surface area contributed by atoms with E-state index in [-0.39, 0.29) is 28.4 Å². The van der Waals surface area contributed by atoms with Crippen molar-refractivity contribution in [3.8, 4) is 0 Å². The molecule has 2 aromatic heterocycles. The average Bonchev–Trinajstić information content (AvgIpc) is 3.07. The maximum Gasteiger partial charge on any atom is 0.270 e. The summed E-state index contributed by atoms with van der Waals surface area (Å²) >= 11 is 1.45. The number of carbonyl (C=O) groups is 1. The van der Waals surface area contributed by atoms with Crippen molar-refractivity contribution in [2.75, 3.05) is 17.7 Å². The van der Waals surface area contributed by atoms with E-state index in [9.17, 15) is 9.59 Å². The molecule has 0 aromatic carbocycles. The molecule has 0 spiro atoms. The van der Waals surface area contributed by atoms with E-state index < -0.39 is 0 Å². The van der Waals surface area contributed by atoms with E-state index in [2.05, 4.69) is 15.5 Å². The van der Waals surface area contributed by atoms with Crippen molar-refractivity contribution < 1.29 is 9.53 Å². The number of nitrogens with zero attached hydrogens (tertiary/aromatic N) is 3. The number of hydrogen-bond donors (Lipinski definition) is 2. The van der Waals surface area contributed by atoms with Gasteiger partial charge in [-0.1, -0.05) is 0 Å². The van der Waals surface area contributed by atoms with Crippen LogP contribution >= 0.6 is 11.8 Å². The first kappa shape index (κ1) is 17.4. The Morgan fingerprint density at radius 2 is 2.19 bits per heavy atom. The molecule has 0 unspecified atom stereocenters. The number of anilines is 1. The molecule has 4 rings (SSSR count). The molecule has 0 aliphatic carbocycles. The number of aromatic nitrogens is 4. The zero-order valence-electron chi connectivity index (χ0n) is 15.1. The van der Waals surface area contributed by atoms with Gasteiger partial charge in [0, 0.05) is 25.4 Å². The molecule has 2 N–H and O–H groups in total. The molecule has 2 aliphatic heterocycles. The second kappa shape index (κ2) is 6.31. The number of amides is 1. The van der Waals surface area contributed by atoms with Crippen LogP contribution in [-0.4, -0.2) is 43.4 Å². The summed E-state index contributed by atoms with van der Waals surface area (Å²) in [6.45, 7) is 4.72. The topological polar surface area (TPSA) is 93.9 Å². The summed E-state index contributed by atoms with van der Waals surface area (Å²) in [6.07, 6.45) is 5.21. The maximum absolute atomic E-state index is 12.8. The van der Waals surface area contributed by atoms with Crippen LogP contribution in [0.5, 0.6) is 0 Å². The zero-order chi connectivity index (χ0) is 18.5. The lowest BCUT2D eigenvalue weighted by Gasteiger charge is -2.36. The molecule has 2 aliphatic rings. The molecule has 140 valence electrons. The summed E-state index contributed by atoms with van der Waals surface area (Å²) in [7, 11) is 1.84. The molecule has 0 saturated carbocycles. The molecule has 26 heavy (non-hydrogen) atoms. The summed E-state index contributed by atoms with van der Waals surface area (Å²) in [5, 5.41) is 9.91. The van der Waals surface area contributed by atoms with Gasteiger partial charge in [-0.15, -0.1) is 11.8 Å². The van der Waals surface area contributed by atoms with Crippen molar-refractivity contribution in [3.63, 3.8) is 0 Å². The number of rotatable bonds is 2. The van der Waals surface area contributed by atoms with Crippen molar-refractivity contribution in [1.29, 1.82) is 0 Å². The molecule has 2 atom stereocenters. The zero-order valence-corrected chi connectivity index (χ0v) is 15.9. The molecule has 0 radical (unpaired) electrons. The first-order chi connectivity index (χ1) is 12.3. The van der Waals surface area contributed by atoms with Crippen LogP contribution < -0.4 is 10.9 Å². The third-order valence-corrected chi connectivity index (χ3v) is 6.20. The van der Waals surface area contributed by atoms with Crippen LogP contribution in [0.1, 0.15) is 49.1 Å². The van der Waals surface area contributed by atoms with Gasteiger partial charge < -0.3 is 10.1 Å². The number of ether oxygens (including phenoxy) is 1. The van der Waals surface area contributed by atoms with Crippen molar-refractivity contribution in [3.05, 3.63) is 33.9 Å². The predicted octanol–water partition coefficient (Wildman–Crippen LogP) is 1.81. The number of hydrogen-bond acceptors (Lipinski definition) is 5. The van der Waals surface area contributed by atoms with Crippen LogP contribution in [0, 0.1) is 0 Å². The van der Waals surface area contributed by atoms with Crippen LogP contribution in [0.15, 0.2) is 17.2 Å². The molecule has 1 fully saturated rings. The number of nitrogens with one attached hydrogen (secondary N) is 2. The largest absolute Gasteiger partial charge is 0.375 e. The van der Waals surface area contributed by atoms with Gasteiger partial charge in [0.05, 0.1) is 34.4 Å². The number of fused-ring (bicyclic) bond motifs is 1. The number of aryl methyl sites for hydroxylation is 1. The highest BCUT2D eigenvalue weighted by molar-refractivity contribution is 8.00. The maximum atomic E-state index is 12.8. The van der Waals surface area contributed by atoms with Gasteiger partial charge in [0.2, 0.25) is 5.91 Å². The first-order valence-electron chi connectivity index (χ1n) is 8.72. The summed E-state index contributed by atoms with van der Waals surface area (Å²) < 4.78 is 9.35. The van der Waals surface area contributed by atoms with E-state index in [0.717, 1.165) is 18.4 Å². The Morgan fingerprint density at radius 1 is 1.38 bits per heavy atom. The molecule has 2 aromatic rings. The Bertz CT molecular complexity index is 897. The van der Waals surface area contributed by atoms with Gasteiger partial charge in [-0.2, -0.15) is 5.10 Å². The SMILES string of the molecule is Cn1cc([C@@H]2SCC(=O)Nc3c2c(=O)[nH]n3[C@@H]2CCOC(C)(C)C2)cn1. The van der Waals surface area contributed by atoms with Crippen molar-refractivity contribution in [2.24, 2.45) is 7.05 Å². The van der Waals surface area contributed by atoms with E-state index in [4.69, 9.17) is 4.74 Å². The standard InChI is InChI=1S/C17H23N5O3S/c1-17(2)6-11(4-5-25-17)22-15-13(16(24)20-22)14(26-9-12(23)19-15)10-7-18-21(3)8-10/h7-8,11,14H,4-6,9H2,1-3H3,(H,19,23)(H,20,24)/t11-,14+/m1/s1. The lowest BCUT2D eigenvalue weighted by atomic mass is 9.94. The molecule has 8 nitrogen and oxygen atoms in total. The third kappa shape index (κ3) is 3.09. The van der Waals surface area contributed by atoms with Crippen molar-refractivity contribution >= 4 is 23.5 Å². The Morgan fingerprint density at radius 3 is 2.88 bits per heavy atom. The van der Waals surface area contributed by atoms with Gasteiger partial charge in [-0.05, 0) is 26.7 Å². The van der Waals surface area contributed by atoms with Gasteiger partial charge in [0.15, 0.2) is 0 Å². The summed E-state index contributed by atoms with van der Waals surface area (Å²) in [5.74, 6) is 0.788. The fraction of sp³-hybridized carbons (Fsp3) is 0.588. The first-order valence-corrected chi connectivity index (χ1v) is 9.77. The van der Waals surface area contributed by atoms with Crippen LogP contribution in [0.3, 0.4) is 0 Å². The lowest BCUT2D eigenvalue weighted by molar-refractivity contribution is -0.113. The van der Waals surface area contributed by atoms with Gasteiger partial charge in [-0.3, -0.25) is 24.1 Å². The molecule has 4 heterocycles. The minimum Gasteiger partial charge on any atom is -0.375 e. The highest BCUT2D eigenvalue weighted by atomic mass is 32.2. The molecule has 0 bridgehead atoms. The minimum atomic E-state index is -0.261. The number of thioether (sulfide) groups is 1. The van der Waals surface area contributed by atoms with Crippen LogP contribution in [-0.2, 0) is 16.6 Å². The highest BCUT2D eigenvalue weighted by Gasteiger charge is 2.36. The van der Waals surface area contributed by atoms with Crippen molar-refractivity contribution in [2.45, 2.75) is 43.6 Å². The molecular weight excluding hydrogens is 354 g/mol. The van der Waals surface area contributed by atoms with E-state index in [1.807, 2.05) is 31.8 Å². The molecule has 9 heteroatoms. The Hall–Kier alpha value is -2.00. The van der Waals surface area contributed by atoms with Crippen LogP contribution in [0.4, 0.5) is 5.82 Å². The monoisotopic (exact) mass is 377 g/mol. The Labute approximate surface area is 155 Å². The minimum absolute atomic E-state index is 0.0770. The number of carbonyl (C=O) groups excluding carboxylic acids is 1.